The van der Waals surface area contributed by atoms with Crippen molar-refractivity contribution in [2.24, 2.45) is 11.8 Å². The van der Waals surface area contributed by atoms with Gasteiger partial charge < -0.3 is 15.5 Å². The summed E-state index contributed by atoms with van der Waals surface area (Å²) in [4.78, 5) is 13.8. The van der Waals surface area contributed by atoms with E-state index < -0.39 is 0 Å². The number of piperidine rings is 1. The Balaban J connectivity index is 2.01. The quantitative estimate of drug-likeness (QED) is 0.719. The molecule has 1 saturated heterocycles. The van der Waals surface area contributed by atoms with Gasteiger partial charge in [-0.1, -0.05) is 13.8 Å². The Kier molecular flexibility index (Phi) is 6.52. The van der Waals surface area contributed by atoms with Crippen LogP contribution < -0.4 is 10.6 Å². The maximum Gasteiger partial charge on any atom is 0.233 e. The number of hydrogen-bond acceptors (Lipinski definition) is 3. The van der Waals surface area contributed by atoms with Gasteiger partial charge in [-0.25, -0.2) is 0 Å². The lowest BCUT2D eigenvalue weighted by Crippen LogP contribution is -2.39. The molecule has 0 aromatic heterocycles. The van der Waals surface area contributed by atoms with Crippen molar-refractivity contribution in [1.29, 1.82) is 0 Å². The molecular weight excluding hydrogens is 214 g/mol. The second-order valence-electron chi connectivity index (χ2n) is 5.58. The van der Waals surface area contributed by atoms with Crippen LogP contribution in [0.3, 0.4) is 0 Å². The summed E-state index contributed by atoms with van der Waals surface area (Å²) in [6, 6.07) is 0. The van der Waals surface area contributed by atoms with Gasteiger partial charge in [0, 0.05) is 6.54 Å². The molecule has 0 saturated carbocycles. The number of amides is 1. The number of carbonyl (C=O) groups excluding carboxylic acids is 1. The summed E-state index contributed by atoms with van der Waals surface area (Å²) in [6.45, 7) is 8.78. The summed E-state index contributed by atoms with van der Waals surface area (Å²) in [5.74, 6) is 1.38. The van der Waals surface area contributed by atoms with Crippen LogP contribution in [0.5, 0.6) is 0 Å². The Labute approximate surface area is 105 Å². The van der Waals surface area contributed by atoms with Gasteiger partial charge in [-0.3, -0.25) is 4.79 Å². The van der Waals surface area contributed by atoms with E-state index in [2.05, 4.69) is 36.4 Å². The Bertz CT molecular complexity index is 223. The average molecular weight is 241 g/mol. The predicted molar refractivity (Wildman–Crippen MR) is 70.9 cm³/mol. The van der Waals surface area contributed by atoms with Gasteiger partial charge in [0.05, 0.1) is 6.54 Å². The van der Waals surface area contributed by atoms with Crippen LogP contribution in [0.25, 0.3) is 0 Å². The Morgan fingerprint density at radius 1 is 1.35 bits per heavy atom. The highest BCUT2D eigenvalue weighted by Crippen LogP contribution is 2.14. The molecule has 100 valence electrons. The summed E-state index contributed by atoms with van der Waals surface area (Å²) in [6.07, 6.45) is 2.49. The number of likely N-dealkylation sites (tertiary alicyclic amines) is 1. The van der Waals surface area contributed by atoms with Gasteiger partial charge in [-0.15, -0.1) is 0 Å². The van der Waals surface area contributed by atoms with Crippen molar-refractivity contribution in [1.82, 2.24) is 15.5 Å². The monoisotopic (exact) mass is 241 g/mol. The summed E-state index contributed by atoms with van der Waals surface area (Å²) in [5.41, 5.74) is 0. The van der Waals surface area contributed by atoms with Crippen molar-refractivity contribution in [3.05, 3.63) is 0 Å². The van der Waals surface area contributed by atoms with E-state index >= 15 is 0 Å². The normalized spacial score (nSPS) is 18.6. The molecule has 17 heavy (non-hydrogen) atoms. The molecule has 0 atom stereocenters. The van der Waals surface area contributed by atoms with E-state index in [0.717, 1.165) is 19.0 Å². The molecule has 1 rings (SSSR count). The summed E-state index contributed by atoms with van der Waals surface area (Å²) < 4.78 is 0. The van der Waals surface area contributed by atoms with Gasteiger partial charge in [0.15, 0.2) is 0 Å². The van der Waals surface area contributed by atoms with E-state index in [1.807, 2.05) is 0 Å². The van der Waals surface area contributed by atoms with Crippen molar-refractivity contribution in [2.75, 3.05) is 39.8 Å². The van der Waals surface area contributed by atoms with Crippen molar-refractivity contribution in [3.63, 3.8) is 0 Å². The first-order valence-electron chi connectivity index (χ1n) is 6.74. The lowest BCUT2D eigenvalue weighted by atomic mass is 9.97. The topological polar surface area (TPSA) is 44.4 Å². The largest absolute Gasteiger partial charge is 0.355 e. The van der Waals surface area contributed by atoms with E-state index in [0.29, 0.717) is 12.5 Å². The SMILES string of the molecule is CC(C)CNC(=O)CNCC1CCN(C)CC1. The fourth-order valence-corrected chi connectivity index (χ4v) is 2.04. The van der Waals surface area contributed by atoms with Crippen LogP contribution in [0, 0.1) is 11.8 Å². The third-order valence-electron chi connectivity index (χ3n) is 3.26. The number of hydrogen-bond donors (Lipinski definition) is 2. The number of rotatable bonds is 6. The summed E-state index contributed by atoms with van der Waals surface area (Å²) >= 11 is 0. The van der Waals surface area contributed by atoms with Crippen molar-refractivity contribution in [2.45, 2.75) is 26.7 Å². The Hall–Kier alpha value is -0.610. The van der Waals surface area contributed by atoms with Gasteiger partial charge in [0.2, 0.25) is 5.91 Å². The second-order valence-corrected chi connectivity index (χ2v) is 5.58. The minimum Gasteiger partial charge on any atom is -0.355 e. The zero-order valence-electron chi connectivity index (χ0n) is 11.5. The molecule has 4 heteroatoms. The van der Waals surface area contributed by atoms with Crippen LogP contribution in [0.2, 0.25) is 0 Å². The van der Waals surface area contributed by atoms with Crippen molar-refractivity contribution >= 4 is 5.91 Å². The Morgan fingerprint density at radius 2 is 2.00 bits per heavy atom. The smallest absolute Gasteiger partial charge is 0.233 e. The molecule has 0 aliphatic carbocycles. The van der Waals surface area contributed by atoms with Gasteiger partial charge in [0.25, 0.3) is 0 Å². The van der Waals surface area contributed by atoms with Gasteiger partial charge in [-0.2, -0.15) is 0 Å². The van der Waals surface area contributed by atoms with E-state index in [4.69, 9.17) is 0 Å². The minimum absolute atomic E-state index is 0.117. The molecule has 1 fully saturated rings. The van der Waals surface area contributed by atoms with E-state index in [9.17, 15) is 4.79 Å². The lowest BCUT2D eigenvalue weighted by Gasteiger charge is -2.28. The molecule has 0 unspecified atom stereocenters. The molecule has 1 heterocycles. The molecule has 0 aromatic rings. The molecular formula is C13H27N3O. The third-order valence-corrected chi connectivity index (χ3v) is 3.26. The maximum atomic E-state index is 11.5. The van der Waals surface area contributed by atoms with Crippen LogP contribution in [0.4, 0.5) is 0 Å². The molecule has 0 aromatic carbocycles. The first-order chi connectivity index (χ1) is 8.08. The number of nitrogens with zero attached hydrogens (tertiary/aromatic N) is 1. The van der Waals surface area contributed by atoms with E-state index in [1.165, 1.54) is 25.9 Å². The molecule has 0 radical (unpaired) electrons. The molecule has 4 nitrogen and oxygen atoms in total. The summed E-state index contributed by atoms with van der Waals surface area (Å²) in [7, 11) is 2.17. The van der Waals surface area contributed by atoms with Crippen molar-refractivity contribution < 1.29 is 4.79 Å². The zero-order chi connectivity index (χ0) is 12.7. The van der Waals surface area contributed by atoms with Crippen LogP contribution >= 0.6 is 0 Å². The maximum absolute atomic E-state index is 11.5. The molecule has 1 amide bonds. The molecule has 0 spiro atoms. The van der Waals surface area contributed by atoms with Gasteiger partial charge >= 0.3 is 0 Å². The first-order valence-corrected chi connectivity index (χ1v) is 6.74. The third kappa shape index (κ3) is 6.64. The van der Waals surface area contributed by atoms with Gasteiger partial charge in [0.1, 0.15) is 0 Å². The average Bonchev–Trinajstić information content (AvgIpc) is 2.29. The van der Waals surface area contributed by atoms with Crippen molar-refractivity contribution in [3.8, 4) is 0 Å². The molecule has 1 aliphatic heterocycles. The van der Waals surface area contributed by atoms with E-state index in [1.54, 1.807) is 0 Å². The fraction of sp³-hybridized carbons (Fsp3) is 0.923. The summed E-state index contributed by atoms with van der Waals surface area (Å²) in [5, 5.41) is 6.18. The second kappa shape index (κ2) is 7.67. The zero-order valence-corrected chi connectivity index (χ0v) is 11.5. The number of nitrogens with one attached hydrogen (secondary N) is 2. The standard InChI is InChI=1S/C13H27N3O/c1-11(2)8-15-13(17)10-14-9-12-4-6-16(3)7-5-12/h11-12,14H,4-10H2,1-3H3,(H,15,17). The lowest BCUT2D eigenvalue weighted by molar-refractivity contribution is -0.120. The Morgan fingerprint density at radius 3 is 2.59 bits per heavy atom. The van der Waals surface area contributed by atoms with E-state index in [-0.39, 0.29) is 5.91 Å². The highest BCUT2D eigenvalue weighted by atomic mass is 16.1. The van der Waals surface area contributed by atoms with Crippen LogP contribution in [-0.2, 0) is 4.79 Å². The molecule has 0 bridgehead atoms. The fourth-order valence-electron chi connectivity index (χ4n) is 2.04. The molecule has 1 aliphatic rings. The number of carbonyl (C=O) groups is 1. The molecule has 2 N–H and O–H groups in total. The predicted octanol–water partition coefficient (Wildman–Crippen LogP) is 0.690. The van der Waals surface area contributed by atoms with Crippen LogP contribution in [0.15, 0.2) is 0 Å². The highest BCUT2D eigenvalue weighted by molar-refractivity contribution is 5.77. The highest BCUT2D eigenvalue weighted by Gasteiger charge is 2.16. The first kappa shape index (κ1) is 14.5. The van der Waals surface area contributed by atoms with Crippen LogP contribution in [-0.4, -0.2) is 50.6 Å². The van der Waals surface area contributed by atoms with Crippen LogP contribution in [0.1, 0.15) is 26.7 Å². The minimum atomic E-state index is 0.117. The van der Waals surface area contributed by atoms with Gasteiger partial charge in [-0.05, 0) is 51.4 Å².